The van der Waals surface area contributed by atoms with E-state index in [9.17, 15) is 9.59 Å². The van der Waals surface area contributed by atoms with E-state index in [-0.39, 0.29) is 17.4 Å². The van der Waals surface area contributed by atoms with Crippen LogP contribution in [0.5, 0.6) is 0 Å². The Balaban J connectivity index is 1.55. The molecule has 3 N–H and O–H groups in total. The van der Waals surface area contributed by atoms with Crippen LogP contribution in [0.3, 0.4) is 0 Å². The molecule has 1 aromatic heterocycles. The Morgan fingerprint density at radius 1 is 0.881 bits per heavy atom. The number of carbonyl (C=O) groups excluding carboxylic acids is 1. The van der Waals surface area contributed by atoms with Crippen molar-refractivity contribution in [3.8, 4) is 0 Å². The summed E-state index contributed by atoms with van der Waals surface area (Å²) >= 11 is 0. The maximum atomic E-state index is 14.2. The third kappa shape index (κ3) is 7.04. The van der Waals surface area contributed by atoms with Crippen LogP contribution in [0.15, 0.2) is 82.2 Å². The van der Waals surface area contributed by atoms with E-state index in [4.69, 9.17) is 4.42 Å². The summed E-state index contributed by atoms with van der Waals surface area (Å²) in [6.07, 6.45) is 8.74. The number of fused-ring (bicyclic) bond motifs is 1. The van der Waals surface area contributed by atoms with E-state index in [0.717, 1.165) is 55.5 Å². The van der Waals surface area contributed by atoms with Crippen LogP contribution in [0.1, 0.15) is 74.1 Å². The Kier molecular flexibility index (Phi) is 9.63. The number of carbonyl (C=O) groups is 1. The van der Waals surface area contributed by atoms with Crippen LogP contribution in [0.2, 0.25) is 0 Å². The van der Waals surface area contributed by atoms with Gasteiger partial charge in [0.25, 0.3) is 0 Å². The fourth-order valence-corrected chi connectivity index (χ4v) is 5.94. The minimum Gasteiger partial charge on any atom is -0.464 e. The molecule has 3 aromatic carbocycles. The molecule has 5 rings (SSSR count). The van der Waals surface area contributed by atoms with Crippen LogP contribution in [0.4, 0.5) is 11.4 Å². The molecule has 1 heterocycles. The molecule has 4 aromatic rings. The summed E-state index contributed by atoms with van der Waals surface area (Å²) < 4.78 is 5.99. The quantitative estimate of drug-likeness (QED) is 0.177. The highest BCUT2D eigenvalue weighted by atomic mass is 16.3. The third-order valence-electron chi connectivity index (χ3n) is 8.53. The molecular formula is C36H43N3O3. The molecule has 1 saturated carbocycles. The lowest BCUT2D eigenvalue weighted by atomic mass is 9.88. The van der Waals surface area contributed by atoms with Crippen LogP contribution >= 0.6 is 0 Å². The van der Waals surface area contributed by atoms with Gasteiger partial charge in [0.1, 0.15) is 5.58 Å². The van der Waals surface area contributed by atoms with Crippen molar-refractivity contribution in [2.75, 3.05) is 17.2 Å². The third-order valence-corrected chi connectivity index (χ3v) is 8.53. The first-order chi connectivity index (χ1) is 20.4. The SMILES string of the molecule is CCc1ccc(NCC(Nc2ccc(CC)cc2)C(C(=O)NC2CCCCC2)c2coc3ccc(C)cc3c2=O)cc1. The minimum atomic E-state index is -0.777. The fourth-order valence-electron chi connectivity index (χ4n) is 5.94. The normalized spacial score (nSPS) is 15.2. The molecule has 2 atom stereocenters. The summed E-state index contributed by atoms with van der Waals surface area (Å²) in [4.78, 5) is 28.3. The summed E-state index contributed by atoms with van der Waals surface area (Å²) in [6.45, 7) is 6.65. The van der Waals surface area contributed by atoms with Gasteiger partial charge in [-0.2, -0.15) is 0 Å². The first-order valence-electron chi connectivity index (χ1n) is 15.5. The molecule has 1 aliphatic carbocycles. The molecule has 6 heteroatoms. The Morgan fingerprint density at radius 3 is 2.17 bits per heavy atom. The van der Waals surface area contributed by atoms with Crippen molar-refractivity contribution < 1.29 is 9.21 Å². The number of hydrogen-bond acceptors (Lipinski definition) is 5. The average molecular weight is 566 g/mol. The minimum absolute atomic E-state index is 0.113. The van der Waals surface area contributed by atoms with Crippen molar-refractivity contribution in [1.29, 1.82) is 0 Å². The van der Waals surface area contributed by atoms with E-state index in [1.807, 2.05) is 37.3 Å². The first kappa shape index (κ1) is 29.4. The smallest absolute Gasteiger partial charge is 0.230 e. The van der Waals surface area contributed by atoms with Gasteiger partial charge in [0, 0.05) is 29.5 Å². The van der Waals surface area contributed by atoms with Gasteiger partial charge < -0.3 is 20.4 Å². The molecule has 0 bridgehead atoms. The van der Waals surface area contributed by atoms with Gasteiger partial charge in [-0.3, -0.25) is 9.59 Å². The van der Waals surface area contributed by atoms with E-state index in [1.165, 1.54) is 23.8 Å². The molecule has 1 aliphatic rings. The molecule has 42 heavy (non-hydrogen) atoms. The zero-order valence-electron chi connectivity index (χ0n) is 25.0. The van der Waals surface area contributed by atoms with Crippen LogP contribution < -0.4 is 21.4 Å². The van der Waals surface area contributed by atoms with Gasteiger partial charge in [-0.15, -0.1) is 0 Å². The predicted molar refractivity (Wildman–Crippen MR) is 173 cm³/mol. The van der Waals surface area contributed by atoms with Crippen molar-refractivity contribution in [2.24, 2.45) is 0 Å². The van der Waals surface area contributed by atoms with Gasteiger partial charge in [-0.05, 0) is 80.1 Å². The van der Waals surface area contributed by atoms with E-state index in [1.54, 1.807) is 0 Å². The van der Waals surface area contributed by atoms with Gasteiger partial charge in [-0.25, -0.2) is 0 Å². The summed E-state index contributed by atoms with van der Waals surface area (Å²) in [5.74, 6) is -0.923. The van der Waals surface area contributed by atoms with Gasteiger partial charge in [-0.1, -0.05) is 69.0 Å². The standard InChI is InChI=1S/C36H43N3O3/c1-4-25-12-16-27(17-13-25)37-22-32(38-29-18-14-26(5-2)15-19-29)34(36(41)39-28-9-7-6-8-10-28)31-23-42-33-20-11-24(3)21-30(33)35(31)40/h11-21,23,28,32,34,37-38H,4-10,22H2,1-3H3,(H,39,41). The average Bonchev–Trinajstić information content (AvgIpc) is 3.02. The molecule has 1 fully saturated rings. The second-order valence-electron chi connectivity index (χ2n) is 11.6. The molecule has 0 saturated heterocycles. The maximum absolute atomic E-state index is 14.2. The van der Waals surface area contributed by atoms with Crippen molar-refractivity contribution in [3.05, 3.63) is 105 Å². The Labute approximate surface area is 248 Å². The highest BCUT2D eigenvalue weighted by Gasteiger charge is 2.34. The molecule has 6 nitrogen and oxygen atoms in total. The predicted octanol–water partition coefficient (Wildman–Crippen LogP) is 7.35. The van der Waals surface area contributed by atoms with Crippen molar-refractivity contribution >= 4 is 28.3 Å². The number of nitrogens with one attached hydrogen (secondary N) is 3. The van der Waals surface area contributed by atoms with Crippen LogP contribution in [-0.4, -0.2) is 24.5 Å². The number of rotatable bonds is 11. The number of amides is 1. The lowest BCUT2D eigenvalue weighted by Gasteiger charge is -2.31. The highest BCUT2D eigenvalue weighted by Crippen LogP contribution is 2.27. The molecular weight excluding hydrogens is 522 g/mol. The fraction of sp³-hybridized carbons (Fsp3) is 0.389. The van der Waals surface area contributed by atoms with Crippen LogP contribution in [0, 0.1) is 6.92 Å². The number of aryl methyl sites for hydroxylation is 3. The van der Waals surface area contributed by atoms with Gasteiger partial charge >= 0.3 is 0 Å². The van der Waals surface area contributed by atoms with E-state index < -0.39 is 12.0 Å². The highest BCUT2D eigenvalue weighted by molar-refractivity contribution is 5.87. The maximum Gasteiger partial charge on any atom is 0.230 e. The van der Waals surface area contributed by atoms with Crippen molar-refractivity contribution in [3.63, 3.8) is 0 Å². The van der Waals surface area contributed by atoms with Crippen LogP contribution in [-0.2, 0) is 17.6 Å². The van der Waals surface area contributed by atoms with E-state index in [0.29, 0.717) is 23.1 Å². The number of anilines is 2. The Morgan fingerprint density at radius 2 is 1.52 bits per heavy atom. The lowest BCUT2D eigenvalue weighted by Crippen LogP contribution is -2.47. The second-order valence-corrected chi connectivity index (χ2v) is 11.6. The summed E-state index contributed by atoms with van der Waals surface area (Å²) in [5.41, 5.74) is 6.07. The second kappa shape index (κ2) is 13.7. The Bertz CT molecular complexity index is 1540. The van der Waals surface area contributed by atoms with Crippen molar-refractivity contribution in [1.82, 2.24) is 5.32 Å². The summed E-state index contributed by atoms with van der Waals surface area (Å²) in [6, 6.07) is 21.9. The molecule has 2 unspecified atom stereocenters. The Hall–Kier alpha value is -4.06. The summed E-state index contributed by atoms with van der Waals surface area (Å²) in [5, 5.41) is 11.0. The van der Waals surface area contributed by atoms with Crippen molar-refractivity contribution in [2.45, 2.75) is 83.7 Å². The largest absolute Gasteiger partial charge is 0.464 e. The topological polar surface area (TPSA) is 83.4 Å². The van der Waals surface area contributed by atoms with Gasteiger partial charge in [0.15, 0.2) is 5.43 Å². The number of hydrogen-bond donors (Lipinski definition) is 3. The summed E-state index contributed by atoms with van der Waals surface area (Å²) in [7, 11) is 0. The monoisotopic (exact) mass is 565 g/mol. The van der Waals surface area contributed by atoms with Gasteiger partial charge in [0.05, 0.1) is 23.6 Å². The zero-order chi connectivity index (χ0) is 29.5. The molecule has 1 amide bonds. The molecule has 0 radical (unpaired) electrons. The molecule has 220 valence electrons. The lowest BCUT2D eigenvalue weighted by molar-refractivity contribution is -0.123. The first-order valence-corrected chi connectivity index (χ1v) is 15.5. The van der Waals surface area contributed by atoms with E-state index >= 15 is 0 Å². The van der Waals surface area contributed by atoms with Gasteiger partial charge in [0.2, 0.25) is 5.91 Å². The van der Waals surface area contributed by atoms with Crippen LogP contribution in [0.25, 0.3) is 11.0 Å². The number of benzene rings is 3. The molecule has 0 spiro atoms. The van der Waals surface area contributed by atoms with E-state index in [2.05, 4.69) is 66.2 Å². The molecule has 0 aliphatic heterocycles. The zero-order valence-corrected chi connectivity index (χ0v) is 25.0.